The molecular formula is C11H20ClNOS. The molecule has 15 heavy (non-hydrogen) atoms. The van der Waals surface area contributed by atoms with Crippen LogP contribution in [-0.2, 0) is 0 Å². The lowest BCUT2D eigenvalue weighted by Gasteiger charge is -2.32. The van der Waals surface area contributed by atoms with Crippen molar-refractivity contribution in [2.24, 2.45) is 0 Å². The molecule has 1 fully saturated rings. The highest BCUT2D eigenvalue weighted by Crippen LogP contribution is 2.21. The molecule has 1 aliphatic heterocycles. The average molecular weight is 250 g/mol. The number of likely N-dealkylation sites (tertiary alicyclic amines) is 1. The van der Waals surface area contributed by atoms with Crippen LogP contribution in [0, 0.1) is 0 Å². The molecule has 0 aromatic carbocycles. The van der Waals surface area contributed by atoms with Gasteiger partial charge in [0.25, 0.3) is 5.24 Å². The molecule has 0 aromatic rings. The van der Waals surface area contributed by atoms with Crippen molar-refractivity contribution in [1.29, 1.82) is 0 Å². The number of piperidine rings is 1. The van der Waals surface area contributed by atoms with E-state index in [1.807, 2.05) is 4.90 Å². The molecule has 0 spiro atoms. The molecule has 1 atom stereocenters. The molecule has 0 aromatic heterocycles. The number of halogens is 1. The van der Waals surface area contributed by atoms with Crippen LogP contribution < -0.4 is 0 Å². The molecule has 4 heteroatoms. The van der Waals surface area contributed by atoms with Gasteiger partial charge in [0.05, 0.1) is 0 Å². The monoisotopic (exact) mass is 249 g/mol. The van der Waals surface area contributed by atoms with Gasteiger partial charge in [0.1, 0.15) is 0 Å². The second-order valence-electron chi connectivity index (χ2n) is 4.05. The van der Waals surface area contributed by atoms with Crippen molar-refractivity contribution >= 4 is 28.6 Å². The summed E-state index contributed by atoms with van der Waals surface area (Å²) < 4.78 is 0. The summed E-state index contributed by atoms with van der Waals surface area (Å²) in [6.45, 7) is 3.10. The van der Waals surface area contributed by atoms with Crippen molar-refractivity contribution in [2.75, 3.05) is 18.2 Å². The topological polar surface area (TPSA) is 20.3 Å². The van der Waals surface area contributed by atoms with E-state index in [1.54, 1.807) is 0 Å². The van der Waals surface area contributed by atoms with Gasteiger partial charge in [-0.25, -0.2) is 0 Å². The molecule has 88 valence electrons. The van der Waals surface area contributed by atoms with Crippen LogP contribution in [0.2, 0.25) is 0 Å². The van der Waals surface area contributed by atoms with E-state index in [0.29, 0.717) is 11.9 Å². The van der Waals surface area contributed by atoms with E-state index < -0.39 is 0 Å². The van der Waals surface area contributed by atoms with Gasteiger partial charge in [-0.1, -0.05) is 11.8 Å². The van der Waals surface area contributed by atoms with Crippen LogP contribution in [0.15, 0.2) is 0 Å². The summed E-state index contributed by atoms with van der Waals surface area (Å²) in [6.07, 6.45) is 5.65. The predicted molar refractivity (Wildman–Crippen MR) is 67.8 cm³/mol. The number of thioether (sulfide) groups is 1. The van der Waals surface area contributed by atoms with Gasteiger partial charge in [0.15, 0.2) is 0 Å². The Bertz CT molecular complexity index is 201. The van der Waals surface area contributed by atoms with Crippen molar-refractivity contribution in [3.05, 3.63) is 0 Å². The third-order valence-corrected chi connectivity index (χ3v) is 4.03. The van der Waals surface area contributed by atoms with Crippen LogP contribution >= 0.6 is 23.4 Å². The van der Waals surface area contributed by atoms with Gasteiger partial charge in [-0.3, -0.25) is 4.79 Å². The summed E-state index contributed by atoms with van der Waals surface area (Å²) in [6, 6.07) is 0.437. The zero-order valence-electron chi connectivity index (χ0n) is 9.38. The summed E-state index contributed by atoms with van der Waals surface area (Å²) in [5.41, 5.74) is 0. The molecular weight excluding hydrogens is 230 g/mol. The van der Waals surface area contributed by atoms with E-state index in [0.717, 1.165) is 31.6 Å². The maximum absolute atomic E-state index is 11.8. The smallest absolute Gasteiger partial charge is 0.281 e. The van der Waals surface area contributed by atoms with Crippen LogP contribution in [0.4, 0.5) is 4.79 Å². The molecule has 0 bridgehead atoms. The van der Waals surface area contributed by atoms with E-state index in [4.69, 9.17) is 11.6 Å². The van der Waals surface area contributed by atoms with Crippen molar-refractivity contribution in [3.8, 4) is 0 Å². The highest BCUT2D eigenvalue weighted by atomic mass is 35.5. The van der Waals surface area contributed by atoms with E-state index in [1.165, 1.54) is 24.6 Å². The van der Waals surface area contributed by atoms with Gasteiger partial charge in [0.2, 0.25) is 0 Å². The Morgan fingerprint density at radius 2 is 2.27 bits per heavy atom. The molecule has 2 nitrogen and oxygen atoms in total. The number of unbranched alkanes of at least 4 members (excludes halogenated alkanes) is 1. The number of carbonyl (C=O) groups is 1. The summed E-state index contributed by atoms with van der Waals surface area (Å²) in [5.74, 6) is 1.61. The van der Waals surface area contributed by atoms with E-state index in [-0.39, 0.29) is 5.24 Å². The number of hydrogen-bond acceptors (Lipinski definition) is 2. The Morgan fingerprint density at radius 1 is 1.47 bits per heavy atom. The average Bonchev–Trinajstić information content (AvgIpc) is 2.25. The van der Waals surface area contributed by atoms with Crippen LogP contribution in [-0.4, -0.2) is 34.4 Å². The van der Waals surface area contributed by atoms with E-state index >= 15 is 0 Å². The third-order valence-electron chi connectivity index (χ3n) is 2.79. The minimum Gasteiger partial charge on any atom is -0.331 e. The first-order valence-corrected chi connectivity index (χ1v) is 7.27. The minimum absolute atomic E-state index is 0.261. The van der Waals surface area contributed by atoms with Crippen molar-refractivity contribution < 1.29 is 4.79 Å². The molecule has 1 saturated heterocycles. The SMILES string of the molecule is CC1CCCCN1C(=O)SCCCCCl. The van der Waals surface area contributed by atoms with Gasteiger partial charge >= 0.3 is 0 Å². The second-order valence-corrected chi connectivity index (χ2v) is 5.47. The third kappa shape index (κ3) is 4.64. The summed E-state index contributed by atoms with van der Waals surface area (Å²) in [4.78, 5) is 13.9. The lowest BCUT2D eigenvalue weighted by molar-refractivity contribution is 0.181. The fraction of sp³-hybridized carbons (Fsp3) is 0.909. The van der Waals surface area contributed by atoms with E-state index in [2.05, 4.69) is 6.92 Å². The Hall–Kier alpha value is 0.110. The van der Waals surface area contributed by atoms with Gasteiger partial charge in [-0.2, -0.15) is 0 Å². The van der Waals surface area contributed by atoms with Gasteiger partial charge in [-0.05, 0) is 39.0 Å². The first-order valence-electron chi connectivity index (χ1n) is 5.75. The first kappa shape index (κ1) is 13.2. The lowest BCUT2D eigenvalue weighted by Crippen LogP contribution is -2.40. The molecule has 1 heterocycles. The predicted octanol–water partition coefficient (Wildman–Crippen LogP) is 3.73. The Morgan fingerprint density at radius 3 is 2.93 bits per heavy atom. The number of amides is 1. The van der Waals surface area contributed by atoms with Gasteiger partial charge < -0.3 is 4.90 Å². The molecule has 1 unspecified atom stereocenters. The molecule has 0 aliphatic carbocycles. The molecule has 0 N–H and O–H groups in total. The number of alkyl halides is 1. The fourth-order valence-corrected chi connectivity index (χ4v) is 2.96. The quantitative estimate of drug-likeness (QED) is 0.559. The van der Waals surface area contributed by atoms with Crippen LogP contribution in [0.1, 0.15) is 39.0 Å². The molecule has 1 amide bonds. The normalized spacial score (nSPS) is 21.7. The summed E-state index contributed by atoms with van der Waals surface area (Å²) in [7, 11) is 0. The lowest BCUT2D eigenvalue weighted by atomic mass is 10.1. The highest BCUT2D eigenvalue weighted by Gasteiger charge is 2.22. The fourth-order valence-electron chi connectivity index (χ4n) is 1.81. The maximum Gasteiger partial charge on any atom is 0.281 e. The zero-order valence-corrected chi connectivity index (χ0v) is 10.9. The number of rotatable bonds is 4. The first-order chi connectivity index (χ1) is 7.25. The van der Waals surface area contributed by atoms with Crippen molar-refractivity contribution in [1.82, 2.24) is 4.90 Å². The number of nitrogens with zero attached hydrogens (tertiary/aromatic N) is 1. The van der Waals surface area contributed by atoms with Gasteiger partial charge in [-0.15, -0.1) is 11.6 Å². The zero-order chi connectivity index (χ0) is 11.1. The second kappa shape index (κ2) is 7.39. The van der Waals surface area contributed by atoms with Crippen LogP contribution in [0.3, 0.4) is 0 Å². The molecule has 0 radical (unpaired) electrons. The Labute approximate surface area is 102 Å². The van der Waals surface area contributed by atoms with Crippen LogP contribution in [0.25, 0.3) is 0 Å². The van der Waals surface area contributed by atoms with Crippen molar-refractivity contribution in [3.63, 3.8) is 0 Å². The molecule has 1 aliphatic rings. The van der Waals surface area contributed by atoms with Crippen LogP contribution in [0.5, 0.6) is 0 Å². The minimum atomic E-state index is 0.261. The highest BCUT2D eigenvalue weighted by molar-refractivity contribution is 8.13. The summed E-state index contributed by atoms with van der Waals surface area (Å²) >= 11 is 7.04. The molecule has 1 rings (SSSR count). The number of hydrogen-bond donors (Lipinski definition) is 0. The Kier molecular flexibility index (Phi) is 6.50. The number of carbonyl (C=O) groups excluding carboxylic acids is 1. The van der Waals surface area contributed by atoms with E-state index in [9.17, 15) is 4.79 Å². The molecule has 0 saturated carbocycles. The largest absolute Gasteiger partial charge is 0.331 e. The maximum atomic E-state index is 11.8. The van der Waals surface area contributed by atoms with Crippen molar-refractivity contribution in [2.45, 2.75) is 45.1 Å². The Balaban J connectivity index is 2.20. The summed E-state index contributed by atoms with van der Waals surface area (Å²) in [5, 5.41) is 0.261. The standard InChI is InChI=1S/C11H20ClNOS/c1-10-6-2-4-8-13(10)11(14)15-9-5-3-7-12/h10H,2-9H2,1H3. The van der Waals surface area contributed by atoms with Gasteiger partial charge in [0, 0.05) is 24.2 Å².